The molecule has 0 aromatic heterocycles. The van der Waals surface area contributed by atoms with E-state index in [4.69, 9.17) is 24.3 Å². The molecule has 0 heterocycles. The number of carbonyl (C=O) groups is 2. The van der Waals surface area contributed by atoms with E-state index in [0.717, 1.165) is 38.5 Å². The van der Waals surface area contributed by atoms with Crippen molar-refractivity contribution in [1.82, 2.24) is 0 Å². The van der Waals surface area contributed by atoms with Crippen LogP contribution in [-0.2, 0) is 32.7 Å². The summed E-state index contributed by atoms with van der Waals surface area (Å²) >= 11 is 0. The van der Waals surface area contributed by atoms with Crippen molar-refractivity contribution in [1.29, 1.82) is 0 Å². The average molecular weight is 985 g/mol. The minimum absolute atomic E-state index is 0.0565. The molecule has 3 N–H and O–H groups in total. The first kappa shape index (κ1) is 66.8. The fourth-order valence-electron chi connectivity index (χ4n) is 8.99. The van der Waals surface area contributed by atoms with Gasteiger partial charge in [-0.2, -0.15) is 0 Å². The van der Waals surface area contributed by atoms with Crippen LogP contribution in [0.2, 0.25) is 0 Å². The molecule has 10 heteroatoms. The fourth-order valence-corrected chi connectivity index (χ4v) is 9.75. The van der Waals surface area contributed by atoms with Gasteiger partial charge in [0, 0.05) is 19.4 Å². The van der Waals surface area contributed by atoms with Gasteiger partial charge in [-0.15, -0.1) is 0 Å². The van der Waals surface area contributed by atoms with Gasteiger partial charge in [-0.25, -0.2) is 4.57 Å². The summed E-state index contributed by atoms with van der Waals surface area (Å²) in [5, 5.41) is 0. The fraction of sp³-hybridized carbons (Fsp3) is 0.931. The maximum absolute atomic E-state index is 12.7. The minimum atomic E-state index is -4.38. The monoisotopic (exact) mass is 984 g/mol. The Morgan fingerprint density at radius 3 is 1.04 bits per heavy atom. The van der Waals surface area contributed by atoms with E-state index in [1.165, 1.54) is 244 Å². The summed E-state index contributed by atoms with van der Waals surface area (Å²) in [6.45, 7) is 3.81. The van der Waals surface area contributed by atoms with E-state index >= 15 is 0 Å². The van der Waals surface area contributed by atoms with Gasteiger partial charge in [-0.3, -0.25) is 18.6 Å². The average Bonchev–Trinajstić information content (AvgIpc) is 3.33. The number of allylic oxidation sites excluding steroid dienone is 2. The van der Waals surface area contributed by atoms with Gasteiger partial charge in [0.15, 0.2) is 6.10 Å². The van der Waals surface area contributed by atoms with Crippen molar-refractivity contribution in [3.63, 3.8) is 0 Å². The van der Waals surface area contributed by atoms with Crippen molar-refractivity contribution in [2.75, 3.05) is 26.4 Å². The number of esters is 2. The van der Waals surface area contributed by atoms with Crippen LogP contribution in [0.25, 0.3) is 0 Å². The number of rotatable bonds is 57. The molecular weight excluding hydrogens is 870 g/mol. The lowest BCUT2D eigenvalue weighted by Gasteiger charge is -2.19. The lowest BCUT2D eigenvalue weighted by Crippen LogP contribution is -2.29. The predicted molar refractivity (Wildman–Crippen MR) is 289 cm³/mol. The molecule has 0 fully saturated rings. The Labute approximate surface area is 421 Å². The van der Waals surface area contributed by atoms with Gasteiger partial charge in [-0.05, 0) is 38.5 Å². The third-order valence-electron chi connectivity index (χ3n) is 13.4. The summed E-state index contributed by atoms with van der Waals surface area (Å²) in [6, 6.07) is 0. The highest BCUT2D eigenvalue weighted by atomic mass is 31.2. The highest BCUT2D eigenvalue weighted by Crippen LogP contribution is 2.43. The molecule has 0 aliphatic heterocycles. The highest BCUT2D eigenvalue weighted by Gasteiger charge is 2.26. The van der Waals surface area contributed by atoms with Gasteiger partial charge in [0.1, 0.15) is 6.61 Å². The third kappa shape index (κ3) is 54.1. The van der Waals surface area contributed by atoms with E-state index in [1.807, 2.05) is 0 Å². The molecule has 0 aromatic rings. The van der Waals surface area contributed by atoms with Crippen LogP contribution in [0.3, 0.4) is 0 Å². The Kier molecular flexibility index (Phi) is 54.1. The Hall–Kier alpha value is -1.25. The molecule has 404 valence electrons. The number of hydrogen-bond acceptors (Lipinski definition) is 8. The van der Waals surface area contributed by atoms with Gasteiger partial charge in [-0.1, -0.05) is 276 Å². The van der Waals surface area contributed by atoms with Gasteiger partial charge >= 0.3 is 19.8 Å². The molecular formula is C58H114NO8P. The number of phosphoric acid groups is 1. The van der Waals surface area contributed by atoms with Gasteiger partial charge in [0.25, 0.3) is 0 Å². The normalized spacial score (nSPS) is 13.1. The maximum atomic E-state index is 12.7. The Bertz CT molecular complexity index is 1120. The first-order chi connectivity index (χ1) is 33.3. The van der Waals surface area contributed by atoms with Crippen molar-refractivity contribution >= 4 is 19.8 Å². The number of unbranched alkanes of at least 4 members (excludes halogenated alkanes) is 42. The number of phosphoric ester groups is 1. The summed E-state index contributed by atoms with van der Waals surface area (Å²) in [5.74, 6) is -0.810. The molecule has 0 spiro atoms. The molecule has 2 unspecified atom stereocenters. The van der Waals surface area contributed by atoms with E-state index in [0.29, 0.717) is 6.42 Å². The van der Waals surface area contributed by atoms with Crippen LogP contribution in [0.15, 0.2) is 12.2 Å². The molecule has 0 saturated heterocycles. The predicted octanol–water partition coefficient (Wildman–Crippen LogP) is 18.5. The standard InChI is InChI=1S/C58H114NO8P/c1-3-5-7-9-11-13-15-17-19-21-23-25-26-27-28-29-31-32-34-36-38-40-42-44-46-48-50-57(60)64-54-56(55-66-68(62,63)65-53-52-59)67-58(61)51-49-47-45-43-41-39-37-35-33-30-24-22-20-18-16-14-12-10-8-6-4-2/h22,24,56H,3-21,23,25-55,59H2,1-2H3,(H,62,63)/b24-22-. The quantitative estimate of drug-likeness (QED) is 0.0264. The van der Waals surface area contributed by atoms with Crippen LogP contribution in [0.5, 0.6) is 0 Å². The highest BCUT2D eigenvalue weighted by molar-refractivity contribution is 7.47. The van der Waals surface area contributed by atoms with E-state index < -0.39 is 26.5 Å². The van der Waals surface area contributed by atoms with Crippen molar-refractivity contribution < 1.29 is 37.6 Å². The van der Waals surface area contributed by atoms with Gasteiger partial charge < -0.3 is 20.1 Å². The van der Waals surface area contributed by atoms with Crippen LogP contribution in [0.4, 0.5) is 0 Å². The summed E-state index contributed by atoms with van der Waals surface area (Å²) < 4.78 is 33.1. The molecule has 0 saturated carbocycles. The zero-order valence-electron chi connectivity index (χ0n) is 45.1. The molecule has 68 heavy (non-hydrogen) atoms. The smallest absolute Gasteiger partial charge is 0.462 e. The number of carbonyl (C=O) groups excluding carboxylic acids is 2. The summed E-state index contributed by atoms with van der Waals surface area (Å²) in [7, 11) is -4.38. The van der Waals surface area contributed by atoms with Crippen molar-refractivity contribution in [3.05, 3.63) is 12.2 Å². The van der Waals surface area contributed by atoms with E-state index in [9.17, 15) is 19.0 Å². The maximum Gasteiger partial charge on any atom is 0.472 e. The second kappa shape index (κ2) is 55.1. The second-order valence-corrected chi connectivity index (χ2v) is 21.7. The molecule has 0 radical (unpaired) electrons. The molecule has 2 atom stereocenters. The Balaban J connectivity index is 3.90. The van der Waals surface area contributed by atoms with Crippen LogP contribution in [-0.4, -0.2) is 49.3 Å². The molecule has 0 bridgehead atoms. The van der Waals surface area contributed by atoms with Crippen LogP contribution in [0.1, 0.15) is 316 Å². The van der Waals surface area contributed by atoms with E-state index in [1.54, 1.807) is 0 Å². The molecule has 0 aliphatic carbocycles. The first-order valence-electron chi connectivity index (χ1n) is 29.7. The Morgan fingerprint density at radius 2 is 0.721 bits per heavy atom. The first-order valence-corrected chi connectivity index (χ1v) is 31.2. The number of hydrogen-bond donors (Lipinski definition) is 2. The Morgan fingerprint density at radius 1 is 0.426 bits per heavy atom. The molecule has 0 aliphatic rings. The molecule has 9 nitrogen and oxygen atoms in total. The molecule has 0 amide bonds. The summed E-state index contributed by atoms with van der Waals surface area (Å²) in [6.07, 6.45) is 62.7. The summed E-state index contributed by atoms with van der Waals surface area (Å²) in [4.78, 5) is 35.2. The van der Waals surface area contributed by atoms with Crippen LogP contribution < -0.4 is 5.73 Å². The van der Waals surface area contributed by atoms with Crippen molar-refractivity contribution in [2.24, 2.45) is 5.73 Å². The second-order valence-electron chi connectivity index (χ2n) is 20.2. The zero-order valence-corrected chi connectivity index (χ0v) is 46.0. The SMILES string of the molecule is CCCCCCCCCC/C=C\CCCCCCCCCCCC(=O)OC(COC(=O)CCCCCCCCCCCCCCCCCCCCCCCCCCCC)COP(=O)(O)OCCN. The van der Waals surface area contributed by atoms with Gasteiger partial charge in [0.2, 0.25) is 0 Å². The zero-order chi connectivity index (χ0) is 49.5. The van der Waals surface area contributed by atoms with E-state index in [-0.39, 0.29) is 38.6 Å². The topological polar surface area (TPSA) is 134 Å². The minimum Gasteiger partial charge on any atom is -0.462 e. The largest absolute Gasteiger partial charge is 0.472 e. The molecule has 0 aromatic carbocycles. The number of ether oxygens (including phenoxy) is 2. The van der Waals surface area contributed by atoms with Gasteiger partial charge in [0.05, 0.1) is 13.2 Å². The third-order valence-corrected chi connectivity index (χ3v) is 14.4. The molecule has 0 rings (SSSR count). The van der Waals surface area contributed by atoms with Crippen LogP contribution in [0, 0.1) is 0 Å². The van der Waals surface area contributed by atoms with Crippen molar-refractivity contribution in [3.8, 4) is 0 Å². The van der Waals surface area contributed by atoms with Crippen LogP contribution >= 0.6 is 7.82 Å². The summed E-state index contributed by atoms with van der Waals surface area (Å²) in [5.41, 5.74) is 5.38. The lowest BCUT2D eigenvalue weighted by atomic mass is 10.0. The lowest BCUT2D eigenvalue weighted by molar-refractivity contribution is -0.161. The van der Waals surface area contributed by atoms with Crippen molar-refractivity contribution in [2.45, 2.75) is 322 Å². The van der Waals surface area contributed by atoms with E-state index in [2.05, 4.69) is 26.0 Å². The number of nitrogens with two attached hydrogens (primary N) is 1.